The Balaban J connectivity index is 1.91. The molecule has 2 aromatic rings. The number of carbonyl (C=O) groups is 2. The number of nitrogens with zero attached hydrogens (tertiary/aromatic N) is 2. The molecule has 2 amide bonds. The van der Waals surface area contributed by atoms with Crippen LogP contribution >= 0.6 is 15.9 Å². The van der Waals surface area contributed by atoms with E-state index in [1.807, 2.05) is 30.3 Å². The Labute approximate surface area is 176 Å². The van der Waals surface area contributed by atoms with E-state index in [1.54, 1.807) is 4.90 Å². The van der Waals surface area contributed by atoms with Crippen molar-refractivity contribution in [3.63, 3.8) is 0 Å². The van der Waals surface area contributed by atoms with Gasteiger partial charge in [-0.2, -0.15) is 0 Å². The van der Waals surface area contributed by atoms with Crippen LogP contribution in [0.2, 0.25) is 0 Å². The highest BCUT2D eigenvalue weighted by atomic mass is 79.9. The maximum absolute atomic E-state index is 13.2. The molecule has 0 aromatic heterocycles. The molecule has 0 bridgehead atoms. The molecular weight excluding hydrogens is 438 g/mol. The zero-order valence-corrected chi connectivity index (χ0v) is 17.2. The summed E-state index contributed by atoms with van der Waals surface area (Å²) >= 11 is 3.48. The summed E-state index contributed by atoms with van der Waals surface area (Å²) in [5.74, 6) is -0.760. The highest BCUT2D eigenvalue weighted by Crippen LogP contribution is 2.26. The van der Waals surface area contributed by atoms with Gasteiger partial charge < -0.3 is 10.2 Å². The summed E-state index contributed by atoms with van der Waals surface area (Å²) in [6.07, 6.45) is 2.94. The van der Waals surface area contributed by atoms with E-state index in [0.29, 0.717) is 17.6 Å². The van der Waals surface area contributed by atoms with E-state index in [4.69, 9.17) is 0 Å². The summed E-state index contributed by atoms with van der Waals surface area (Å²) in [4.78, 5) is 37.9. The Kier molecular flexibility index (Phi) is 6.77. The van der Waals surface area contributed by atoms with Crippen LogP contribution in [0.15, 0.2) is 60.3 Å². The number of likely N-dealkylation sites (tertiary alicyclic amines) is 1. The van der Waals surface area contributed by atoms with Crippen molar-refractivity contribution in [3.05, 3.63) is 81.5 Å². The zero-order valence-electron chi connectivity index (χ0n) is 15.6. The molecule has 0 unspecified atom stereocenters. The molecule has 1 heterocycles. The molecule has 3 rings (SSSR count). The molecule has 1 aliphatic heterocycles. The summed E-state index contributed by atoms with van der Waals surface area (Å²) in [6, 6.07) is 14.5. The molecule has 1 fully saturated rings. The third-order valence-corrected chi connectivity index (χ3v) is 5.54. The first kappa shape index (κ1) is 20.7. The van der Waals surface area contributed by atoms with Gasteiger partial charge in [-0.05, 0) is 52.9 Å². The molecule has 0 spiro atoms. The SMILES string of the molecule is O=C(N/C(C(=O)N1CCCCC1)=C(/Br)c1ccccc1)c1ccc([N+](=O)[O-])cc1. The molecule has 1 saturated heterocycles. The zero-order chi connectivity index (χ0) is 20.8. The second-order valence-electron chi connectivity index (χ2n) is 6.67. The first-order valence-corrected chi connectivity index (χ1v) is 10.1. The fraction of sp³-hybridized carbons (Fsp3) is 0.238. The highest BCUT2D eigenvalue weighted by molar-refractivity contribution is 9.15. The van der Waals surface area contributed by atoms with Gasteiger partial charge in [-0.3, -0.25) is 19.7 Å². The quantitative estimate of drug-likeness (QED) is 0.415. The lowest BCUT2D eigenvalue weighted by atomic mass is 10.1. The molecule has 0 radical (unpaired) electrons. The maximum Gasteiger partial charge on any atom is 0.271 e. The standard InChI is InChI=1S/C21H20BrN3O4/c22-18(15-7-3-1-4-8-15)19(21(27)24-13-5-2-6-14-24)23-20(26)16-9-11-17(12-10-16)25(28)29/h1,3-4,7-12H,2,5-6,13-14H2,(H,23,26)/b19-18+. The third-order valence-electron chi connectivity index (χ3n) is 4.68. The molecule has 0 saturated carbocycles. The van der Waals surface area contributed by atoms with Gasteiger partial charge in [0.1, 0.15) is 5.70 Å². The van der Waals surface area contributed by atoms with E-state index in [1.165, 1.54) is 24.3 Å². The summed E-state index contributed by atoms with van der Waals surface area (Å²) < 4.78 is 0.490. The smallest absolute Gasteiger partial charge is 0.271 e. The van der Waals surface area contributed by atoms with Gasteiger partial charge in [0, 0.05) is 30.8 Å². The van der Waals surface area contributed by atoms with Crippen LogP contribution in [0.5, 0.6) is 0 Å². The van der Waals surface area contributed by atoms with E-state index in [-0.39, 0.29) is 22.9 Å². The summed E-state index contributed by atoms with van der Waals surface area (Å²) in [5.41, 5.74) is 1.04. The molecule has 1 aliphatic rings. The van der Waals surface area contributed by atoms with Crippen molar-refractivity contribution in [2.24, 2.45) is 0 Å². The largest absolute Gasteiger partial charge is 0.337 e. The molecular formula is C21H20BrN3O4. The lowest BCUT2D eigenvalue weighted by Gasteiger charge is -2.28. The second kappa shape index (κ2) is 9.47. The van der Waals surface area contributed by atoms with Gasteiger partial charge in [-0.15, -0.1) is 0 Å². The fourth-order valence-corrected chi connectivity index (χ4v) is 3.64. The van der Waals surface area contributed by atoms with Gasteiger partial charge >= 0.3 is 0 Å². The van der Waals surface area contributed by atoms with Gasteiger partial charge in [0.2, 0.25) is 0 Å². The number of carbonyl (C=O) groups excluding carboxylic acids is 2. The lowest BCUT2D eigenvalue weighted by molar-refractivity contribution is -0.384. The van der Waals surface area contributed by atoms with Gasteiger partial charge in [-0.25, -0.2) is 0 Å². The van der Waals surface area contributed by atoms with E-state index < -0.39 is 10.8 Å². The van der Waals surface area contributed by atoms with Gasteiger partial charge in [0.15, 0.2) is 0 Å². The second-order valence-corrected chi connectivity index (χ2v) is 7.46. The van der Waals surface area contributed by atoms with Crippen LogP contribution in [0.4, 0.5) is 5.69 Å². The molecule has 29 heavy (non-hydrogen) atoms. The number of hydrogen-bond acceptors (Lipinski definition) is 4. The van der Waals surface area contributed by atoms with Crippen LogP contribution in [0.3, 0.4) is 0 Å². The van der Waals surface area contributed by atoms with Crippen molar-refractivity contribution in [2.45, 2.75) is 19.3 Å². The van der Waals surface area contributed by atoms with Crippen LogP contribution in [0, 0.1) is 10.1 Å². The van der Waals surface area contributed by atoms with Gasteiger partial charge in [-0.1, -0.05) is 30.3 Å². The molecule has 7 nitrogen and oxygen atoms in total. The monoisotopic (exact) mass is 457 g/mol. The van der Waals surface area contributed by atoms with Crippen LogP contribution < -0.4 is 5.32 Å². The van der Waals surface area contributed by atoms with Crippen molar-refractivity contribution in [1.82, 2.24) is 10.2 Å². The minimum atomic E-state index is -0.529. The van der Waals surface area contributed by atoms with E-state index in [0.717, 1.165) is 24.8 Å². The fourth-order valence-electron chi connectivity index (χ4n) is 3.11. The molecule has 0 atom stereocenters. The van der Waals surface area contributed by atoms with E-state index in [2.05, 4.69) is 21.2 Å². The lowest BCUT2D eigenvalue weighted by Crippen LogP contribution is -2.41. The molecule has 150 valence electrons. The maximum atomic E-state index is 13.2. The van der Waals surface area contributed by atoms with Gasteiger partial charge in [0.25, 0.3) is 17.5 Å². The first-order valence-electron chi connectivity index (χ1n) is 9.27. The summed E-state index contributed by atoms with van der Waals surface area (Å²) in [7, 11) is 0. The van der Waals surface area contributed by atoms with Crippen LogP contribution in [0.1, 0.15) is 35.2 Å². The summed E-state index contributed by atoms with van der Waals surface area (Å²) in [6.45, 7) is 1.29. The van der Waals surface area contributed by atoms with E-state index in [9.17, 15) is 19.7 Å². The van der Waals surface area contributed by atoms with E-state index >= 15 is 0 Å². The van der Waals surface area contributed by atoms with Crippen molar-refractivity contribution < 1.29 is 14.5 Å². The molecule has 8 heteroatoms. The predicted molar refractivity (Wildman–Crippen MR) is 113 cm³/mol. The minimum absolute atomic E-state index is 0.104. The van der Waals surface area contributed by atoms with Crippen molar-refractivity contribution >= 4 is 37.9 Å². The number of piperidine rings is 1. The average Bonchev–Trinajstić information content (AvgIpc) is 2.77. The third kappa shape index (κ3) is 5.08. The number of nitro benzene ring substituents is 1. The minimum Gasteiger partial charge on any atom is -0.337 e. The topological polar surface area (TPSA) is 92.6 Å². The normalized spacial score (nSPS) is 14.7. The van der Waals surface area contributed by atoms with Crippen LogP contribution in [-0.4, -0.2) is 34.7 Å². The van der Waals surface area contributed by atoms with Crippen molar-refractivity contribution in [1.29, 1.82) is 0 Å². The number of rotatable bonds is 5. The number of benzene rings is 2. The number of nitrogens with one attached hydrogen (secondary N) is 1. The number of nitro groups is 1. The Hall–Kier alpha value is -3.00. The Bertz CT molecular complexity index is 936. The number of amides is 2. The van der Waals surface area contributed by atoms with Crippen molar-refractivity contribution in [3.8, 4) is 0 Å². The first-order chi connectivity index (χ1) is 14.0. The predicted octanol–water partition coefficient (Wildman–Crippen LogP) is 4.10. The van der Waals surface area contributed by atoms with Crippen LogP contribution in [0.25, 0.3) is 4.48 Å². The van der Waals surface area contributed by atoms with Crippen LogP contribution in [-0.2, 0) is 4.79 Å². The number of halogens is 1. The highest BCUT2D eigenvalue weighted by Gasteiger charge is 2.25. The van der Waals surface area contributed by atoms with Gasteiger partial charge in [0.05, 0.1) is 9.41 Å². The van der Waals surface area contributed by atoms with Crippen molar-refractivity contribution in [2.75, 3.05) is 13.1 Å². The summed E-state index contributed by atoms with van der Waals surface area (Å²) in [5, 5.41) is 13.5. The Morgan fingerprint density at radius 1 is 0.931 bits per heavy atom. The molecule has 1 N–H and O–H groups in total. The number of hydrogen-bond donors (Lipinski definition) is 1. The molecule has 2 aromatic carbocycles. The Morgan fingerprint density at radius 2 is 1.55 bits per heavy atom. The number of non-ortho nitro benzene ring substituents is 1. The average molecular weight is 458 g/mol. The molecule has 0 aliphatic carbocycles. The Morgan fingerprint density at radius 3 is 2.14 bits per heavy atom.